The van der Waals surface area contributed by atoms with Crippen LogP contribution in [-0.2, 0) is 0 Å². The Morgan fingerprint density at radius 1 is 0.360 bits per heavy atom. The Bertz CT molecular complexity index is 2520. The monoisotopic (exact) mass is 656 g/mol. The lowest BCUT2D eigenvalue weighted by atomic mass is 9.93. The van der Waals surface area contributed by atoms with E-state index in [1.54, 1.807) is 0 Å². The maximum absolute atomic E-state index is 4.89. The summed E-state index contributed by atoms with van der Waals surface area (Å²) in [5.41, 5.74) is 14.8. The highest BCUT2D eigenvalue weighted by Gasteiger charge is 2.16. The molecule has 3 heterocycles. The van der Waals surface area contributed by atoms with E-state index in [1.165, 1.54) is 48.0 Å². The Morgan fingerprint density at radius 3 is 1.38 bits per heavy atom. The van der Waals surface area contributed by atoms with Crippen LogP contribution in [0.25, 0.3) is 87.2 Å². The molecular formula is C47H32N2S. The van der Waals surface area contributed by atoms with Crippen molar-refractivity contribution in [2.45, 2.75) is 6.92 Å². The highest BCUT2D eigenvalue weighted by Crippen LogP contribution is 2.45. The Labute approximate surface area is 296 Å². The van der Waals surface area contributed by atoms with Crippen LogP contribution in [0.3, 0.4) is 0 Å². The van der Waals surface area contributed by atoms with Crippen LogP contribution in [0.5, 0.6) is 0 Å². The molecule has 50 heavy (non-hydrogen) atoms. The highest BCUT2D eigenvalue weighted by molar-refractivity contribution is 7.26. The summed E-state index contributed by atoms with van der Waals surface area (Å²) in [6.07, 6.45) is 3.99. The molecule has 6 aromatic carbocycles. The zero-order valence-electron chi connectivity index (χ0n) is 27.5. The van der Waals surface area contributed by atoms with E-state index in [0.717, 1.165) is 44.8 Å². The maximum Gasteiger partial charge on any atom is 0.0702 e. The largest absolute Gasteiger partial charge is 0.256 e. The summed E-state index contributed by atoms with van der Waals surface area (Å²) in [7, 11) is 0. The average Bonchev–Trinajstić information content (AvgIpc) is 3.58. The van der Waals surface area contributed by atoms with Crippen molar-refractivity contribution < 1.29 is 0 Å². The van der Waals surface area contributed by atoms with Gasteiger partial charge in [0.15, 0.2) is 0 Å². The summed E-state index contributed by atoms with van der Waals surface area (Å²) in [5, 5.41) is 2.58. The van der Waals surface area contributed by atoms with Gasteiger partial charge in [-0.15, -0.1) is 11.3 Å². The van der Waals surface area contributed by atoms with Crippen LogP contribution < -0.4 is 0 Å². The van der Waals surface area contributed by atoms with Gasteiger partial charge >= 0.3 is 0 Å². The summed E-state index contributed by atoms with van der Waals surface area (Å²) in [6.45, 7) is 2.20. The van der Waals surface area contributed by atoms with E-state index in [1.807, 2.05) is 35.9 Å². The SMILES string of the molecule is Cc1ccccc1-c1cccc2c1sc1c(-c3cc(-c4ccc(-c5ccccc5)nc4)cc(-c4ccc(-c5ccccc5)nc4)c3)cccc12. The molecule has 236 valence electrons. The van der Waals surface area contributed by atoms with E-state index in [4.69, 9.17) is 9.97 Å². The number of fused-ring (bicyclic) bond motifs is 3. The summed E-state index contributed by atoms with van der Waals surface area (Å²) in [4.78, 5) is 9.78. The first-order valence-electron chi connectivity index (χ1n) is 16.9. The molecule has 3 aromatic heterocycles. The molecule has 0 N–H and O–H groups in total. The van der Waals surface area contributed by atoms with Gasteiger partial charge in [-0.2, -0.15) is 0 Å². The highest BCUT2D eigenvalue weighted by atomic mass is 32.1. The smallest absolute Gasteiger partial charge is 0.0702 e. The first-order valence-corrected chi connectivity index (χ1v) is 17.7. The fraction of sp³-hybridized carbons (Fsp3) is 0.0213. The predicted molar refractivity (Wildman–Crippen MR) is 212 cm³/mol. The number of nitrogens with zero attached hydrogens (tertiary/aromatic N) is 2. The molecule has 0 spiro atoms. The molecule has 0 saturated heterocycles. The minimum absolute atomic E-state index is 0.964. The van der Waals surface area contributed by atoms with E-state index >= 15 is 0 Å². The average molecular weight is 657 g/mol. The molecule has 2 nitrogen and oxygen atoms in total. The predicted octanol–water partition coefficient (Wildman–Crippen LogP) is 13.2. The molecule has 0 aliphatic heterocycles. The fourth-order valence-electron chi connectivity index (χ4n) is 6.94. The van der Waals surface area contributed by atoms with Gasteiger partial charge in [-0.25, -0.2) is 0 Å². The number of hydrogen-bond acceptors (Lipinski definition) is 3. The first-order chi connectivity index (χ1) is 24.7. The second-order valence-electron chi connectivity index (χ2n) is 12.7. The quantitative estimate of drug-likeness (QED) is 0.178. The third-order valence-corrected chi connectivity index (χ3v) is 10.8. The van der Waals surface area contributed by atoms with Crippen molar-refractivity contribution >= 4 is 31.5 Å². The van der Waals surface area contributed by atoms with Crippen LogP contribution in [0.15, 0.2) is 176 Å². The molecule has 0 bridgehead atoms. The molecule has 3 heteroatoms. The zero-order chi connectivity index (χ0) is 33.4. The van der Waals surface area contributed by atoms with Crippen molar-refractivity contribution in [1.29, 1.82) is 0 Å². The van der Waals surface area contributed by atoms with Crippen LogP contribution in [-0.4, -0.2) is 9.97 Å². The van der Waals surface area contributed by atoms with Crippen molar-refractivity contribution in [3.8, 4) is 67.0 Å². The molecule has 0 fully saturated rings. The number of thiophene rings is 1. The Morgan fingerprint density at radius 2 is 0.840 bits per heavy atom. The molecule has 0 aliphatic rings. The van der Waals surface area contributed by atoms with Crippen molar-refractivity contribution in [3.05, 3.63) is 182 Å². The molecule has 0 saturated carbocycles. The van der Waals surface area contributed by atoms with Gasteiger partial charge in [0.05, 0.1) is 11.4 Å². The van der Waals surface area contributed by atoms with Crippen LogP contribution >= 0.6 is 11.3 Å². The molecule has 9 rings (SSSR count). The van der Waals surface area contributed by atoms with E-state index in [-0.39, 0.29) is 0 Å². The van der Waals surface area contributed by atoms with Crippen molar-refractivity contribution in [1.82, 2.24) is 9.97 Å². The lowest BCUT2D eigenvalue weighted by Crippen LogP contribution is -1.90. The number of hydrogen-bond donors (Lipinski definition) is 0. The van der Waals surface area contributed by atoms with E-state index in [0.29, 0.717) is 0 Å². The molecule has 0 radical (unpaired) electrons. The van der Waals surface area contributed by atoms with Gasteiger partial charge in [0.1, 0.15) is 0 Å². The van der Waals surface area contributed by atoms with Gasteiger partial charge in [-0.05, 0) is 76.2 Å². The summed E-state index contributed by atoms with van der Waals surface area (Å²) >= 11 is 1.89. The lowest BCUT2D eigenvalue weighted by molar-refractivity contribution is 1.32. The van der Waals surface area contributed by atoms with Crippen molar-refractivity contribution in [2.24, 2.45) is 0 Å². The summed E-state index contributed by atoms with van der Waals surface area (Å²) < 4.78 is 2.61. The normalized spacial score (nSPS) is 11.3. The number of rotatable bonds is 6. The molecule has 0 aliphatic carbocycles. The second-order valence-corrected chi connectivity index (χ2v) is 13.7. The lowest BCUT2D eigenvalue weighted by Gasteiger charge is -2.13. The van der Waals surface area contributed by atoms with Crippen LogP contribution in [0.1, 0.15) is 5.56 Å². The van der Waals surface area contributed by atoms with Crippen LogP contribution in [0.2, 0.25) is 0 Å². The van der Waals surface area contributed by atoms with E-state index in [9.17, 15) is 0 Å². The third-order valence-electron chi connectivity index (χ3n) is 9.54. The first kappa shape index (κ1) is 29.9. The van der Waals surface area contributed by atoms with Crippen molar-refractivity contribution in [2.75, 3.05) is 0 Å². The fourth-order valence-corrected chi connectivity index (χ4v) is 8.30. The zero-order valence-corrected chi connectivity index (χ0v) is 28.4. The van der Waals surface area contributed by atoms with Crippen LogP contribution in [0.4, 0.5) is 0 Å². The third kappa shape index (κ3) is 5.48. The van der Waals surface area contributed by atoms with Gasteiger partial charge in [0, 0.05) is 54.8 Å². The van der Waals surface area contributed by atoms with Crippen LogP contribution in [0, 0.1) is 6.92 Å². The molecule has 0 atom stereocenters. The van der Waals surface area contributed by atoms with Gasteiger partial charge in [0.2, 0.25) is 0 Å². The number of aryl methyl sites for hydroxylation is 1. The van der Waals surface area contributed by atoms with E-state index in [2.05, 4.69) is 159 Å². The maximum atomic E-state index is 4.89. The minimum atomic E-state index is 0.964. The molecular weight excluding hydrogens is 625 g/mol. The second kappa shape index (κ2) is 12.7. The molecule has 0 amide bonds. The Hall–Kier alpha value is -6.16. The van der Waals surface area contributed by atoms with Gasteiger partial charge in [0.25, 0.3) is 0 Å². The van der Waals surface area contributed by atoms with Gasteiger partial charge in [-0.1, -0.05) is 133 Å². The Kier molecular flexibility index (Phi) is 7.61. The topological polar surface area (TPSA) is 25.8 Å². The van der Waals surface area contributed by atoms with Crippen molar-refractivity contribution in [3.63, 3.8) is 0 Å². The van der Waals surface area contributed by atoms with E-state index < -0.39 is 0 Å². The molecule has 0 unspecified atom stereocenters. The number of pyridine rings is 2. The standard InChI is InChI=1S/C47H32N2S/c1-31-12-8-9-17-39(31)41-19-11-21-43-42-20-10-18-40(46(42)50-47(41)43)38-27-36(34-22-24-44(48-29-34)32-13-4-2-5-14-32)26-37(28-38)35-23-25-45(49-30-35)33-15-6-3-7-16-33/h2-30H,1H3. The number of benzene rings is 6. The minimum Gasteiger partial charge on any atom is -0.256 e. The molecule has 9 aromatic rings. The number of aromatic nitrogens is 2. The van der Waals surface area contributed by atoms with Gasteiger partial charge < -0.3 is 0 Å². The van der Waals surface area contributed by atoms with Gasteiger partial charge in [-0.3, -0.25) is 9.97 Å². The summed E-state index contributed by atoms with van der Waals surface area (Å²) in [5.74, 6) is 0. The summed E-state index contributed by atoms with van der Waals surface area (Å²) in [6, 6.07) is 58.3. The Balaban J connectivity index is 1.21.